The number of fused-ring (bicyclic) bond motifs is 2. The first-order chi connectivity index (χ1) is 14.7. The summed E-state index contributed by atoms with van der Waals surface area (Å²) in [5.41, 5.74) is 2.51. The molecule has 1 saturated heterocycles. The van der Waals surface area contributed by atoms with E-state index in [1.807, 2.05) is 12.1 Å². The Hall–Kier alpha value is -2.27. The molecule has 3 nitrogen and oxygen atoms in total. The second kappa shape index (κ2) is 8.01. The molecule has 0 N–H and O–H groups in total. The van der Waals surface area contributed by atoms with Gasteiger partial charge in [0.2, 0.25) is 0 Å². The number of rotatable bonds is 3. The number of anilines is 1. The fourth-order valence-electron chi connectivity index (χ4n) is 5.10. The van der Waals surface area contributed by atoms with Gasteiger partial charge >= 0.3 is 0 Å². The van der Waals surface area contributed by atoms with Crippen LogP contribution in [0.1, 0.15) is 68.4 Å². The van der Waals surface area contributed by atoms with E-state index in [-0.39, 0.29) is 10.8 Å². The van der Waals surface area contributed by atoms with E-state index in [4.69, 9.17) is 0 Å². The van der Waals surface area contributed by atoms with Gasteiger partial charge in [0.05, 0.1) is 0 Å². The SMILES string of the molecule is CCCN1CCC2(CC1)CN(C(=O)c1c(F)cccc1F)c1ccc(C(C)(C)C)cc12. The normalized spacial score (nSPS) is 18.5. The summed E-state index contributed by atoms with van der Waals surface area (Å²) < 4.78 is 28.9. The van der Waals surface area contributed by atoms with Crippen molar-refractivity contribution in [3.8, 4) is 0 Å². The maximum atomic E-state index is 14.4. The van der Waals surface area contributed by atoms with Crippen LogP contribution >= 0.6 is 0 Å². The minimum atomic E-state index is -0.809. The number of carbonyl (C=O) groups excluding carboxylic acids is 1. The predicted molar refractivity (Wildman–Crippen MR) is 121 cm³/mol. The Balaban J connectivity index is 1.77. The predicted octanol–water partition coefficient (Wildman–Crippen LogP) is 5.67. The van der Waals surface area contributed by atoms with Gasteiger partial charge in [-0.3, -0.25) is 4.79 Å². The van der Waals surface area contributed by atoms with Crippen LogP contribution in [0.15, 0.2) is 36.4 Å². The van der Waals surface area contributed by atoms with Crippen molar-refractivity contribution >= 4 is 11.6 Å². The van der Waals surface area contributed by atoms with Gasteiger partial charge in [-0.15, -0.1) is 0 Å². The van der Waals surface area contributed by atoms with Gasteiger partial charge in [0.15, 0.2) is 0 Å². The Bertz CT molecular complexity index is 967. The Morgan fingerprint density at radius 3 is 2.29 bits per heavy atom. The fraction of sp³-hybridized carbons (Fsp3) is 0.500. The van der Waals surface area contributed by atoms with E-state index >= 15 is 0 Å². The third-order valence-corrected chi connectivity index (χ3v) is 6.96. The lowest BCUT2D eigenvalue weighted by molar-refractivity contribution is 0.0968. The van der Waals surface area contributed by atoms with Gasteiger partial charge in [0.1, 0.15) is 17.2 Å². The molecule has 0 atom stereocenters. The van der Waals surface area contributed by atoms with Crippen LogP contribution in [0.2, 0.25) is 0 Å². The van der Waals surface area contributed by atoms with Gasteiger partial charge in [-0.25, -0.2) is 8.78 Å². The van der Waals surface area contributed by atoms with Crippen LogP contribution in [0.3, 0.4) is 0 Å². The maximum Gasteiger partial charge on any atom is 0.264 e. The number of carbonyl (C=O) groups is 1. The molecule has 1 spiro atoms. The molecule has 0 aromatic heterocycles. The minimum absolute atomic E-state index is 0.0196. The molecule has 0 unspecified atom stereocenters. The van der Waals surface area contributed by atoms with Crippen LogP contribution in [0, 0.1) is 11.6 Å². The summed E-state index contributed by atoms with van der Waals surface area (Å²) in [6, 6.07) is 9.83. The zero-order valence-corrected chi connectivity index (χ0v) is 19.0. The zero-order chi connectivity index (χ0) is 22.4. The molecule has 4 rings (SSSR count). The number of halogens is 2. The lowest BCUT2D eigenvalue weighted by atomic mass is 9.72. The van der Waals surface area contributed by atoms with Gasteiger partial charge in [-0.2, -0.15) is 0 Å². The first-order valence-corrected chi connectivity index (χ1v) is 11.3. The zero-order valence-electron chi connectivity index (χ0n) is 19.0. The molecule has 2 aromatic rings. The average Bonchev–Trinajstić information content (AvgIpc) is 3.03. The molecular formula is C26H32F2N2O. The summed E-state index contributed by atoms with van der Waals surface area (Å²) in [4.78, 5) is 17.4. The molecular weight excluding hydrogens is 394 g/mol. The van der Waals surface area contributed by atoms with Crippen LogP contribution < -0.4 is 4.90 Å². The highest BCUT2D eigenvalue weighted by atomic mass is 19.1. The third-order valence-electron chi connectivity index (χ3n) is 6.96. The van der Waals surface area contributed by atoms with Crippen LogP contribution in [0.25, 0.3) is 0 Å². The summed E-state index contributed by atoms with van der Waals surface area (Å²) in [5, 5.41) is 0. The van der Waals surface area contributed by atoms with Crippen LogP contribution in [-0.2, 0) is 10.8 Å². The van der Waals surface area contributed by atoms with Gasteiger partial charge in [-0.05, 0) is 73.6 Å². The van der Waals surface area contributed by atoms with Crippen molar-refractivity contribution in [1.82, 2.24) is 4.90 Å². The van der Waals surface area contributed by atoms with Gasteiger partial charge < -0.3 is 9.80 Å². The van der Waals surface area contributed by atoms with Crippen molar-refractivity contribution < 1.29 is 13.6 Å². The molecule has 166 valence electrons. The molecule has 2 heterocycles. The van der Waals surface area contributed by atoms with E-state index in [2.05, 4.69) is 38.7 Å². The van der Waals surface area contributed by atoms with Crippen molar-refractivity contribution in [3.05, 3.63) is 64.7 Å². The summed E-state index contributed by atoms with van der Waals surface area (Å²) in [6.07, 6.45) is 3.00. The Kier molecular flexibility index (Phi) is 5.67. The van der Waals surface area contributed by atoms with Gasteiger partial charge in [0, 0.05) is 17.6 Å². The number of nitrogens with zero attached hydrogens (tertiary/aromatic N) is 2. The third kappa shape index (κ3) is 3.89. The Morgan fingerprint density at radius 1 is 1.06 bits per heavy atom. The monoisotopic (exact) mass is 426 g/mol. The minimum Gasteiger partial charge on any atom is -0.307 e. The average molecular weight is 427 g/mol. The van der Waals surface area contributed by atoms with Crippen molar-refractivity contribution in [2.75, 3.05) is 31.1 Å². The van der Waals surface area contributed by atoms with E-state index in [1.54, 1.807) is 4.90 Å². The number of amides is 1. The van der Waals surface area contributed by atoms with Crippen molar-refractivity contribution in [1.29, 1.82) is 0 Å². The first-order valence-electron chi connectivity index (χ1n) is 11.3. The molecule has 1 amide bonds. The summed E-state index contributed by atoms with van der Waals surface area (Å²) >= 11 is 0. The molecule has 2 aromatic carbocycles. The highest BCUT2D eigenvalue weighted by Crippen LogP contribution is 2.48. The van der Waals surface area contributed by atoms with Gasteiger partial charge in [-0.1, -0.05) is 45.9 Å². The first kappa shape index (κ1) is 21.9. The van der Waals surface area contributed by atoms with E-state index in [0.29, 0.717) is 6.54 Å². The molecule has 0 saturated carbocycles. The van der Waals surface area contributed by atoms with E-state index in [9.17, 15) is 13.6 Å². The molecule has 0 radical (unpaired) electrons. The smallest absolute Gasteiger partial charge is 0.264 e. The van der Waals surface area contributed by atoms with Crippen molar-refractivity contribution in [3.63, 3.8) is 0 Å². The summed E-state index contributed by atoms with van der Waals surface area (Å²) in [5.74, 6) is -2.21. The molecule has 2 aliphatic heterocycles. The van der Waals surface area contributed by atoms with Crippen LogP contribution in [0.5, 0.6) is 0 Å². The second-order valence-electron chi connectivity index (χ2n) is 10.1. The van der Waals surface area contributed by atoms with Crippen molar-refractivity contribution in [2.45, 2.75) is 57.8 Å². The number of benzene rings is 2. The Morgan fingerprint density at radius 2 is 1.71 bits per heavy atom. The topological polar surface area (TPSA) is 23.6 Å². The summed E-state index contributed by atoms with van der Waals surface area (Å²) in [7, 11) is 0. The van der Waals surface area contributed by atoms with Crippen LogP contribution in [0.4, 0.5) is 14.5 Å². The molecule has 1 fully saturated rings. The second-order valence-corrected chi connectivity index (χ2v) is 10.1. The maximum absolute atomic E-state index is 14.4. The van der Waals surface area contributed by atoms with Gasteiger partial charge in [0.25, 0.3) is 5.91 Å². The number of hydrogen-bond donors (Lipinski definition) is 0. The lowest BCUT2D eigenvalue weighted by Gasteiger charge is -2.40. The lowest BCUT2D eigenvalue weighted by Crippen LogP contribution is -2.46. The standard InChI is InChI=1S/C26H32F2N2O/c1-5-13-29-14-11-26(12-15-29)17-30(24(31)23-20(27)7-6-8-21(23)28)22-10-9-18(16-19(22)26)25(2,3)4/h6-10,16H,5,11-15,17H2,1-4H3. The Labute approximate surface area is 184 Å². The van der Waals surface area contributed by atoms with E-state index in [0.717, 1.165) is 62.3 Å². The number of likely N-dealkylation sites (tertiary alicyclic amines) is 1. The highest BCUT2D eigenvalue weighted by Gasteiger charge is 2.47. The molecule has 0 bridgehead atoms. The van der Waals surface area contributed by atoms with Crippen molar-refractivity contribution in [2.24, 2.45) is 0 Å². The molecule has 2 aliphatic rings. The fourth-order valence-corrected chi connectivity index (χ4v) is 5.10. The molecule has 0 aliphatic carbocycles. The summed E-state index contributed by atoms with van der Waals surface area (Å²) in [6.45, 7) is 12.2. The quantitative estimate of drug-likeness (QED) is 0.632. The van der Waals surface area contributed by atoms with E-state index < -0.39 is 23.1 Å². The molecule has 31 heavy (non-hydrogen) atoms. The molecule has 5 heteroatoms. The van der Waals surface area contributed by atoms with Crippen LogP contribution in [-0.4, -0.2) is 37.0 Å². The highest BCUT2D eigenvalue weighted by molar-refractivity contribution is 6.08. The van der Waals surface area contributed by atoms with E-state index in [1.165, 1.54) is 11.6 Å². The number of piperidine rings is 1. The number of hydrogen-bond acceptors (Lipinski definition) is 2. The largest absolute Gasteiger partial charge is 0.307 e.